The van der Waals surface area contributed by atoms with Crippen molar-refractivity contribution in [1.82, 2.24) is 10.3 Å². The number of carbonyl (C=O) groups excluding carboxylic acids is 1. The van der Waals surface area contributed by atoms with Crippen LogP contribution in [0, 0.1) is 0 Å². The van der Waals surface area contributed by atoms with Crippen LogP contribution in [0.25, 0.3) is 0 Å². The van der Waals surface area contributed by atoms with Crippen LogP contribution < -0.4 is 10.2 Å². The predicted octanol–water partition coefficient (Wildman–Crippen LogP) is 2.07. The second-order valence-electron chi connectivity index (χ2n) is 6.91. The van der Waals surface area contributed by atoms with E-state index in [-0.39, 0.29) is 23.5 Å². The first-order valence-electron chi connectivity index (χ1n) is 9.16. The van der Waals surface area contributed by atoms with E-state index in [0.717, 1.165) is 18.5 Å². The summed E-state index contributed by atoms with van der Waals surface area (Å²) in [6.07, 6.45) is 4.04. The van der Waals surface area contributed by atoms with Crippen molar-refractivity contribution in [2.24, 2.45) is 0 Å². The molecule has 1 atom stereocenters. The third kappa shape index (κ3) is 5.29. The summed E-state index contributed by atoms with van der Waals surface area (Å²) < 4.78 is 23.3. The topological polar surface area (TPSA) is 79.4 Å². The van der Waals surface area contributed by atoms with Gasteiger partial charge in [-0.05, 0) is 37.0 Å². The van der Waals surface area contributed by atoms with Gasteiger partial charge in [0, 0.05) is 19.6 Å². The van der Waals surface area contributed by atoms with Gasteiger partial charge in [-0.1, -0.05) is 30.3 Å². The summed E-state index contributed by atoms with van der Waals surface area (Å²) in [7, 11) is -1.06. The van der Waals surface area contributed by atoms with Gasteiger partial charge in [0.05, 0.1) is 23.4 Å². The Bertz CT molecular complexity index is 867. The van der Waals surface area contributed by atoms with Gasteiger partial charge in [-0.2, -0.15) is 0 Å². The van der Waals surface area contributed by atoms with Crippen LogP contribution in [0.5, 0.6) is 0 Å². The van der Waals surface area contributed by atoms with Gasteiger partial charge in [0.2, 0.25) is 0 Å². The molecule has 1 aliphatic heterocycles. The summed E-state index contributed by atoms with van der Waals surface area (Å²) in [5.74, 6) is 0.215. The molecule has 1 fully saturated rings. The van der Waals surface area contributed by atoms with E-state index >= 15 is 0 Å². The number of rotatable bonds is 7. The first-order valence-corrected chi connectivity index (χ1v) is 11.0. The van der Waals surface area contributed by atoms with Crippen LogP contribution >= 0.6 is 0 Å². The Kier molecular flexibility index (Phi) is 6.11. The Labute approximate surface area is 160 Å². The minimum absolute atomic E-state index is 0.0329. The Morgan fingerprint density at radius 3 is 2.63 bits per heavy atom. The van der Waals surface area contributed by atoms with Crippen molar-refractivity contribution in [2.75, 3.05) is 30.0 Å². The molecule has 27 heavy (non-hydrogen) atoms. The van der Waals surface area contributed by atoms with E-state index in [1.807, 2.05) is 36.2 Å². The molecule has 6 nitrogen and oxygen atoms in total. The first-order chi connectivity index (χ1) is 12.9. The van der Waals surface area contributed by atoms with Crippen molar-refractivity contribution in [2.45, 2.75) is 25.3 Å². The van der Waals surface area contributed by atoms with Crippen LogP contribution in [0.15, 0.2) is 48.7 Å². The molecule has 1 N–H and O–H groups in total. The number of sulfone groups is 1. The van der Waals surface area contributed by atoms with Crippen molar-refractivity contribution in [1.29, 1.82) is 0 Å². The van der Waals surface area contributed by atoms with Crippen LogP contribution in [0.1, 0.15) is 28.9 Å². The molecule has 0 bridgehead atoms. The fourth-order valence-corrected chi connectivity index (χ4v) is 5.02. The zero-order valence-electron chi connectivity index (χ0n) is 15.5. The SMILES string of the molecule is CN(c1ccc(C(=O)NCCCc2ccccc2)nc1)C1CCS(=O)(=O)C1. The fraction of sp³-hybridized carbons (Fsp3) is 0.400. The highest BCUT2D eigenvalue weighted by Crippen LogP contribution is 2.22. The second kappa shape index (κ2) is 8.52. The number of benzene rings is 1. The van der Waals surface area contributed by atoms with Gasteiger partial charge in [-0.3, -0.25) is 4.79 Å². The van der Waals surface area contributed by atoms with Crippen LogP contribution in [0.2, 0.25) is 0 Å². The monoisotopic (exact) mass is 387 g/mol. The van der Waals surface area contributed by atoms with Gasteiger partial charge in [0.15, 0.2) is 9.84 Å². The molecule has 1 amide bonds. The Morgan fingerprint density at radius 2 is 2.00 bits per heavy atom. The molecule has 144 valence electrons. The molecule has 0 radical (unpaired) electrons. The molecule has 3 rings (SSSR count). The molecule has 0 aliphatic carbocycles. The summed E-state index contributed by atoms with van der Waals surface area (Å²) >= 11 is 0. The van der Waals surface area contributed by atoms with E-state index in [9.17, 15) is 13.2 Å². The summed E-state index contributed by atoms with van der Waals surface area (Å²) in [5.41, 5.74) is 2.44. The number of amides is 1. The number of anilines is 1. The molecule has 2 aromatic rings. The molecule has 1 aromatic heterocycles. The maximum absolute atomic E-state index is 12.2. The second-order valence-corrected chi connectivity index (χ2v) is 9.14. The Hall–Kier alpha value is -2.41. The molecule has 1 aliphatic rings. The number of hydrogen-bond donors (Lipinski definition) is 1. The molecule has 1 aromatic carbocycles. The minimum atomic E-state index is -2.93. The minimum Gasteiger partial charge on any atom is -0.369 e. The fourth-order valence-electron chi connectivity index (χ4n) is 3.25. The normalized spacial score (nSPS) is 18.2. The molecule has 1 unspecified atom stereocenters. The molecule has 0 saturated carbocycles. The number of aryl methyl sites for hydroxylation is 1. The van der Waals surface area contributed by atoms with E-state index in [1.54, 1.807) is 12.3 Å². The lowest BCUT2D eigenvalue weighted by Gasteiger charge is -2.25. The van der Waals surface area contributed by atoms with Gasteiger partial charge in [0.25, 0.3) is 5.91 Å². The zero-order chi connectivity index (χ0) is 19.3. The number of hydrogen-bond acceptors (Lipinski definition) is 5. The number of aromatic nitrogens is 1. The van der Waals surface area contributed by atoms with Crippen LogP contribution in [0.4, 0.5) is 5.69 Å². The Morgan fingerprint density at radius 1 is 1.22 bits per heavy atom. The van der Waals surface area contributed by atoms with Crippen molar-refractivity contribution in [3.05, 3.63) is 59.9 Å². The largest absolute Gasteiger partial charge is 0.369 e. The highest BCUT2D eigenvalue weighted by Gasteiger charge is 2.30. The molecule has 2 heterocycles. The summed E-state index contributed by atoms with van der Waals surface area (Å²) in [4.78, 5) is 18.4. The molecular weight excluding hydrogens is 362 g/mol. The maximum Gasteiger partial charge on any atom is 0.269 e. The van der Waals surface area contributed by atoms with Crippen molar-refractivity contribution in [3.8, 4) is 0 Å². The van der Waals surface area contributed by atoms with Crippen molar-refractivity contribution < 1.29 is 13.2 Å². The highest BCUT2D eigenvalue weighted by molar-refractivity contribution is 7.91. The van der Waals surface area contributed by atoms with Gasteiger partial charge in [0.1, 0.15) is 5.69 Å². The predicted molar refractivity (Wildman–Crippen MR) is 107 cm³/mol. The summed E-state index contributed by atoms with van der Waals surface area (Å²) in [5, 5.41) is 2.89. The third-order valence-electron chi connectivity index (χ3n) is 4.91. The van der Waals surface area contributed by atoms with Crippen molar-refractivity contribution >= 4 is 21.4 Å². The number of nitrogens with zero attached hydrogens (tertiary/aromatic N) is 2. The number of nitrogens with one attached hydrogen (secondary N) is 1. The number of carbonyl (C=O) groups is 1. The summed E-state index contributed by atoms with van der Waals surface area (Å²) in [6, 6.07) is 13.6. The lowest BCUT2D eigenvalue weighted by atomic mass is 10.1. The van der Waals surface area contributed by atoms with Gasteiger partial charge in [-0.15, -0.1) is 0 Å². The Balaban J connectivity index is 1.48. The summed E-state index contributed by atoms with van der Waals surface area (Å²) in [6.45, 7) is 0.594. The first kappa shape index (κ1) is 19.4. The number of pyridine rings is 1. The zero-order valence-corrected chi connectivity index (χ0v) is 16.3. The maximum atomic E-state index is 12.2. The van der Waals surface area contributed by atoms with Gasteiger partial charge < -0.3 is 10.2 Å². The molecule has 0 spiro atoms. The van der Waals surface area contributed by atoms with Gasteiger partial charge in [-0.25, -0.2) is 13.4 Å². The van der Waals surface area contributed by atoms with E-state index in [0.29, 0.717) is 18.7 Å². The van der Waals surface area contributed by atoms with E-state index in [1.165, 1.54) is 5.56 Å². The van der Waals surface area contributed by atoms with E-state index < -0.39 is 9.84 Å². The molecule has 7 heteroatoms. The average Bonchev–Trinajstić information content (AvgIpc) is 3.05. The molecular formula is C20H25N3O3S. The smallest absolute Gasteiger partial charge is 0.269 e. The average molecular weight is 388 g/mol. The van der Waals surface area contributed by atoms with Crippen LogP contribution in [0.3, 0.4) is 0 Å². The van der Waals surface area contributed by atoms with Gasteiger partial charge >= 0.3 is 0 Å². The van der Waals surface area contributed by atoms with Crippen LogP contribution in [-0.4, -0.2) is 50.4 Å². The highest BCUT2D eigenvalue weighted by atomic mass is 32.2. The third-order valence-corrected chi connectivity index (χ3v) is 6.66. The van der Waals surface area contributed by atoms with Crippen LogP contribution in [-0.2, 0) is 16.3 Å². The lowest BCUT2D eigenvalue weighted by Crippen LogP contribution is -2.32. The van der Waals surface area contributed by atoms with Crippen molar-refractivity contribution in [3.63, 3.8) is 0 Å². The lowest BCUT2D eigenvalue weighted by molar-refractivity contribution is 0.0948. The molecule has 1 saturated heterocycles. The quantitative estimate of drug-likeness (QED) is 0.736. The van der Waals surface area contributed by atoms with E-state index in [4.69, 9.17) is 0 Å². The standard InChI is InChI=1S/C20H25N3O3S/c1-23(18-11-13-27(25,26)15-18)17-9-10-19(22-14-17)20(24)21-12-5-8-16-6-3-2-4-7-16/h2-4,6-7,9-10,14,18H,5,8,11-13,15H2,1H3,(H,21,24). The van der Waals surface area contributed by atoms with E-state index in [2.05, 4.69) is 22.4 Å².